The molecule has 0 bridgehead atoms. The van der Waals surface area contributed by atoms with E-state index in [4.69, 9.17) is 0 Å². The van der Waals surface area contributed by atoms with Gasteiger partial charge in [0, 0.05) is 30.0 Å². The summed E-state index contributed by atoms with van der Waals surface area (Å²) in [6.45, 7) is 4.02. The van der Waals surface area contributed by atoms with E-state index in [2.05, 4.69) is 5.32 Å². The first kappa shape index (κ1) is 20.4. The predicted octanol–water partition coefficient (Wildman–Crippen LogP) is 4.75. The van der Waals surface area contributed by atoms with Crippen molar-refractivity contribution in [2.45, 2.75) is 39.5 Å². The molecule has 2 amide bonds. The number of likely N-dealkylation sites (N-methyl/N-ethyl adjacent to an activating group) is 1. The number of nitrogens with one attached hydrogen (secondary N) is 1. The topological polar surface area (TPSA) is 54.3 Å². The molecule has 156 valence electrons. The van der Waals surface area contributed by atoms with Crippen molar-refractivity contribution in [2.24, 2.45) is 0 Å². The highest BCUT2D eigenvalue weighted by Crippen LogP contribution is 2.37. The van der Waals surface area contributed by atoms with Crippen molar-refractivity contribution in [1.29, 1.82) is 0 Å². The second kappa shape index (κ2) is 8.48. The van der Waals surface area contributed by atoms with Gasteiger partial charge in [0.25, 0.3) is 5.91 Å². The van der Waals surface area contributed by atoms with Gasteiger partial charge in [-0.3, -0.25) is 9.59 Å². The second-order valence-corrected chi connectivity index (χ2v) is 9.02. The number of anilines is 1. The van der Waals surface area contributed by atoms with Crippen LogP contribution in [0.25, 0.3) is 5.00 Å². The quantitative estimate of drug-likeness (QED) is 0.647. The smallest absolute Gasteiger partial charge is 0.257 e. The Morgan fingerprint density at radius 2 is 1.83 bits per heavy atom. The van der Waals surface area contributed by atoms with Crippen molar-refractivity contribution < 1.29 is 9.59 Å². The van der Waals surface area contributed by atoms with Gasteiger partial charge in [-0.25, -0.2) is 0 Å². The van der Waals surface area contributed by atoms with Gasteiger partial charge in [-0.2, -0.15) is 0 Å². The molecule has 1 N–H and O–H groups in total. The molecule has 6 heteroatoms. The molecule has 0 aliphatic heterocycles. The molecule has 0 saturated heterocycles. The Balaban J connectivity index is 1.56. The molecule has 0 unspecified atom stereocenters. The van der Waals surface area contributed by atoms with Crippen LogP contribution in [0.1, 0.15) is 44.8 Å². The molecule has 1 aromatic carbocycles. The number of hydrogen-bond acceptors (Lipinski definition) is 3. The van der Waals surface area contributed by atoms with E-state index in [1.165, 1.54) is 21.8 Å². The number of benzene rings is 1. The minimum Gasteiger partial charge on any atom is -0.332 e. The van der Waals surface area contributed by atoms with Gasteiger partial charge in [0.15, 0.2) is 0 Å². The first-order valence-corrected chi connectivity index (χ1v) is 11.2. The van der Waals surface area contributed by atoms with Crippen molar-refractivity contribution in [1.82, 2.24) is 9.47 Å². The summed E-state index contributed by atoms with van der Waals surface area (Å²) in [5, 5.41) is 3.91. The molecule has 3 aromatic rings. The van der Waals surface area contributed by atoms with E-state index in [0.29, 0.717) is 0 Å². The monoisotopic (exact) mass is 421 g/mol. The van der Waals surface area contributed by atoms with E-state index in [1.807, 2.05) is 61.1 Å². The zero-order valence-electron chi connectivity index (χ0n) is 17.7. The van der Waals surface area contributed by atoms with Gasteiger partial charge in [-0.15, -0.1) is 11.3 Å². The molecule has 4 rings (SSSR count). The van der Waals surface area contributed by atoms with Crippen LogP contribution >= 0.6 is 11.3 Å². The standard InChI is InChI=1S/C24H27N3O2S/c1-16-9-8-11-19(17(16)2)25-21(28)15-26(3)23(29)22-18-10-4-5-12-20(18)30-24(22)27-13-6-7-14-27/h6-9,11,13-14H,4-5,10,12,15H2,1-3H3,(H,25,28). The van der Waals surface area contributed by atoms with Crippen molar-refractivity contribution in [2.75, 3.05) is 18.9 Å². The number of carbonyl (C=O) groups is 2. The Kier molecular flexibility index (Phi) is 5.77. The lowest BCUT2D eigenvalue weighted by atomic mass is 9.95. The summed E-state index contributed by atoms with van der Waals surface area (Å²) in [6, 6.07) is 9.76. The highest BCUT2D eigenvalue weighted by molar-refractivity contribution is 7.15. The normalized spacial score (nSPS) is 13.0. The van der Waals surface area contributed by atoms with E-state index < -0.39 is 0 Å². The lowest BCUT2D eigenvalue weighted by molar-refractivity contribution is -0.116. The fraction of sp³-hybridized carbons (Fsp3) is 0.333. The van der Waals surface area contributed by atoms with Crippen LogP contribution in [0.3, 0.4) is 0 Å². The first-order chi connectivity index (χ1) is 14.5. The van der Waals surface area contributed by atoms with Gasteiger partial charge in [-0.1, -0.05) is 12.1 Å². The van der Waals surface area contributed by atoms with Gasteiger partial charge >= 0.3 is 0 Å². The molecular formula is C24H27N3O2S. The average Bonchev–Trinajstić information content (AvgIpc) is 3.38. The number of amides is 2. The Morgan fingerprint density at radius 1 is 1.10 bits per heavy atom. The van der Waals surface area contributed by atoms with Crippen molar-refractivity contribution in [3.63, 3.8) is 0 Å². The lowest BCUT2D eigenvalue weighted by Crippen LogP contribution is -2.35. The molecule has 1 aliphatic rings. The molecule has 5 nitrogen and oxygen atoms in total. The molecule has 0 atom stereocenters. The summed E-state index contributed by atoms with van der Waals surface area (Å²) in [7, 11) is 1.71. The number of aryl methyl sites for hydroxylation is 2. The molecule has 30 heavy (non-hydrogen) atoms. The van der Waals surface area contributed by atoms with E-state index in [9.17, 15) is 9.59 Å². The van der Waals surface area contributed by atoms with Crippen LogP contribution < -0.4 is 5.32 Å². The summed E-state index contributed by atoms with van der Waals surface area (Å²) in [4.78, 5) is 28.9. The van der Waals surface area contributed by atoms with Crippen LogP contribution in [-0.4, -0.2) is 34.9 Å². The Hall–Kier alpha value is -2.86. The summed E-state index contributed by atoms with van der Waals surface area (Å²) < 4.78 is 2.01. The third-order valence-electron chi connectivity index (χ3n) is 5.81. The third kappa shape index (κ3) is 3.92. The van der Waals surface area contributed by atoms with Crippen LogP contribution in [0.2, 0.25) is 0 Å². The maximum absolute atomic E-state index is 13.4. The van der Waals surface area contributed by atoms with Crippen LogP contribution in [0, 0.1) is 13.8 Å². The van der Waals surface area contributed by atoms with Crippen LogP contribution in [0.5, 0.6) is 0 Å². The largest absolute Gasteiger partial charge is 0.332 e. The molecule has 0 saturated carbocycles. The Morgan fingerprint density at radius 3 is 2.60 bits per heavy atom. The second-order valence-electron chi connectivity index (χ2n) is 7.94. The molecule has 2 heterocycles. The molecule has 0 spiro atoms. The maximum atomic E-state index is 13.4. The molecular weight excluding hydrogens is 394 g/mol. The lowest BCUT2D eigenvalue weighted by Gasteiger charge is -2.20. The summed E-state index contributed by atoms with van der Waals surface area (Å²) in [5.41, 5.74) is 4.89. The van der Waals surface area contributed by atoms with Gasteiger partial charge in [0.05, 0.1) is 12.1 Å². The number of fused-ring (bicyclic) bond motifs is 1. The van der Waals surface area contributed by atoms with E-state index in [1.54, 1.807) is 18.4 Å². The number of hydrogen-bond donors (Lipinski definition) is 1. The van der Waals surface area contributed by atoms with Gasteiger partial charge in [0.2, 0.25) is 5.91 Å². The van der Waals surface area contributed by atoms with Gasteiger partial charge in [-0.05, 0) is 74.4 Å². The van der Waals surface area contributed by atoms with Crippen LogP contribution in [0.15, 0.2) is 42.7 Å². The zero-order valence-corrected chi connectivity index (χ0v) is 18.5. The van der Waals surface area contributed by atoms with Crippen molar-refractivity contribution >= 4 is 28.8 Å². The predicted molar refractivity (Wildman–Crippen MR) is 122 cm³/mol. The first-order valence-electron chi connectivity index (χ1n) is 10.3. The number of carbonyl (C=O) groups excluding carboxylic acids is 2. The van der Waals surface area contributed by atoms with E-state index in [0.717, 1.165) is 46.6 Å². The minimum absolute atomic E-state index is 0.0158. The van der Waals surface area contributed by atoms with Gasteiger partial charge in [0.1, 0.15) is 5.00 Å². The van der Waals surface area contributed by atoms with Crippen LogP contribution in [0.4, 0.5) is 5.69 Å². The van der Waals surface area contributed by atoms with Crippen molar-refractivity contribution in [3.05, 3.63) is 69.9 Å². The Bertz CT molecular complexity index is 1080. The fourth-order valence-corrected chi connectivity index (χ4v) is 5.32. The highest BCUT2D eigenvalue weighted by Gasteiger charge is 2.28. The minimum atomic E-state index is -0.189. The summed E-state index contributed by atoms with van der Waals surface area (Å²) in [5.74, 6) is -0.277. The van der Waals surface area contributed by atoms with E-state index in [-0.39, 0.29) is 18.4 Å². The van der Waals surface area contributed by atoms with Crippen LogP contribution in [-0.2, 0) is 17.6 Å². The van der Waals surface area contributed by atoms with E-state index >= 15 is 0 Å². The SMILES string of the molecule is Cc1cccc(NC(=O)CN(C)C(=O)c2c(-n3cccc3)sc3c2CCCC3)c1C. The molecule has 1 aliphatic carbocycles. The molecule has 2 aromatic heterocycles. The Labute approximate surface area is 181 Å². The average molecular weight is 422 g/mol. The number of nitrogens with zero attached hydrogens (tertiary/aromatic N) is 2. The summed E-state index contributed by atoms with van der Waals surface area (Å²) >= 11 is 1.71. The zero-order chi connectivity index (χ0) is 21.3. The molecule has 0 fully saturated rings. The fourth-order valence-electron chi connectivity index (χ4n) is 3.98. The van der Waals surface area contributed by atoms with Crippen molar-refractivity contribution in [3.8, 4) is 5.00 Å². The van der Waals surface area contributed by atoms with Gasteiger partial charge < -0.3 is 14.8 Å². The number of rotatable bonds is 5. The third-order valence-corrected chi connectivity index (χ3v) is 7.12. The number of aromatic nitrogens is 1. The summed E-state index contributed by atoms with van der Waals surface area (Å²) in [6.07, 6.45) is 8.17. The molecule has 0 radical (unpaired) electrons. The highest BCUT2D eigenvalue weighted by atomic mass is 32.1. The maximum Gasteiger partial charge on any atom is 0.257 e. The number of thiophene rings is 1.